The highest BCUT2D eigenvalue weighted by atomic mass is 32.2. The van der Waals surface area contributed by atoms with Crippen LogP contribution in [0.3, 0.4) is 0 Å². The summed E-state index contributed by atoms with van der Waals surface area (Å²) in [5.41, 5.74) is 5.73. The van der Waals surface area contributed by atoms with Gasteiger partial charge in [-0.1, -0.05) is 6.92 Å². The molecule has 18 heavy (non-hydrogen) atoms. The van der Waals surface area contributed by atoms with Crippen molar-refractivity contribution >= 4 is 15.7 Å². The SMILES string of the molecule is CC1CCCN(C(=O)C(C)(C)S(C)(=O)=O)C1CN. The molecule has 0 radical (unpaired) electrons. The third kappa shape index (κ3) is 2.69. The molecule has 1 rings (SSSR count). The molecule has 1 aliphatic heterocycles. The van der Waals surface area contributed by atoms with Crippen LogP contribution in [0.25, 0.3) is 0 Å². The molecule has 0 spiro atoms. The number of nitrogens with zero attached hydrogens (tertiary/aromatic N) is 1. The molecule has 2 unspecified atom stereocenters. The van der Waals surface area contributed by atoms with Crippen LogP contribution in [0, 0.1) is 5.92 Å². The molecule has 0 aromatic carbocycles. The fraction of sp³-hybridized carbons (Fsp3) is 0.917. The summed E-state index contributed by atoms with van der Waals surface area (Å²) in [6, 6.07) is -0.0488. The molecule has 2 N–H and O–H groups in total. The molecular weight excluding hydrogens is 252 g/mol. The van der Waals surface area contributed by atoms with Gasteiger partial charge in [-0.3, -0.25) is 4.79 Å². The molecule has 1 fully saturated rings. The molecule has 1 heterocycles. The van der Waals surface area contributed by atoms with E-state index in [-0.39, 0.29) is 11.9 Å². The molecule has 6 heteroatoms. The first-order valence-electron chi connectivity index (χ1n) is 6.33. The number of hydrogen-bond donors (Lipinski definition) is 1. The lowest BCUT2D eigenvalue weighted by atomic mass is 9.90. The van der Waals surface area contributed by atoms with Crippen LogP contribution in [0.15, 0.2) is 0 Å². The number of carbonyl (C=O) groups is 1. The Morgan fingerprint density at radius 2 is 2.00 bits per heavy atom. The minimum atomic E-state index is -3.43. The van der Waals surface area contributed by atoms with Gasteiger partial charge in [-0.25, -0.2) is 8.42 Å². The van der Waals surface area contributed by atoms with Gasteiger partial charge in [0, 0.05) is 25.4 Å². The summed E-state index contributed by atoms with van der Waals surface area (Å²) in [6.07, 6.45) is 3.05. The number of rotatable bonds is 3. The number of likely N-dealkylation sites (tertiary alicyclic amines) is 1. The lowest BCUT2D eigenvalue weighted by Crippen LogP contribution is -2.58. The number of sulfone groups is 1. The third-order valence-corrected chi connectivity index (χ3v) is 6.09. The van der Waals surface area contributed by atoms with Crippen LogP contribution in [0.5, 0.6) is 0 Å². The second-order valence-corrected chi connectivity index (χ2v) is 8.27. The Morgan fingerprint density at radius 3 is 2.44 bits per heavy atom. The van der Waals surface area contributed by atoms with E-state index < -0.39 is 14.6 Å². The molecule has 106 valence electrons. The normalized spacial score (nSPS) is 26.2. The predicted octanol–water partition coefficient (Wildman–Crippen LogP) is 0.395. The van der Waals surface area contributed by atoms with E-state index in [9.17, 15) is 13.2 Å². The number of nitrogens with two attached hydrogens (primary N) is 1. The molecule has 1 amide bonds. The van der Waals surface area contributed by atoms with Crippen molar-refractivity contribution in [2.45, 2.75) is 44.4 Å². The summed E-state index contributed by atoms with van der Waals surface area (Å²) in [5, 5.41) is 0. The van der Waals surface area contributed by atoms with Gasteiger partial charge in [0.1, 0.15) is 4.75 Å². The van der Waals surface area contributed by atoms with Crippen molar-refractivity contribution in [1.29, 1.82) is 0 Å². The molecule has 5 nitrogen and oxygen atoms in total. The number of piperidine rings is 1. The van der Waals surface area contributed by atoms with Gasteiger partial charge in [-0.05, 0) is 32.6 Å². The first kappa shape index (κ1) is 15.4. The van der Waals surface area contributed by atoms with Crippen molar-refractivity contribution in [1.82, 2.24) is 4.90 Å². The van der Waals surface area contributed by atoms with Gasteiger partial charge in [0.05, 0.1) is 0 Å². The van der Waals surface area contributed by atoms with Crippen LogP contribution in [0.4, 0.5) is 0 Å². The Hall–Kier alpha value is -0.620. The average molecular weight is 276 g/mol. The lowest BCUT2D eigenvalue weighted by Gasteiger charge is -2.42. The second kappa shape index (κ2) is 5.17. The monoisotopic (exact) mass is 276 g/mol. The molecule has 0 aromatic rings. The third-order valence-electron chi connectivity index (χ3n) is 4.06. The molecule has 0 aromatic heterocycles. The fourth-order valence-corrected chi connectivity index (χ4v) is 2.80. The Morgan fingerprint density at radius 1 is 1.44 bits per heavy atom. The summed E-state index contributed by atoms with van der Waals surface area (Å²) < 4.78 is 22.1. The van der Waals surface area contributed by atoms with Crippen LogP contribution in [-0.4, -0.2) is 49.4 Å². The van der Waals surface area contributed by atoms with Crippen molar-refractivity contribution in [2.75, 3.05) is 19.3 Å². The minimum Gasteiger partial charge on any atom is -0.337 e. The van der Waals surface area contributed by atoms with E-state index in [2.05, 4.69) is 6.92 Å². The standard InChI is InChI=1S/C12H24N2O3S/c1-9-6-5-7-14(10(9)8-13)11(15)12(2,3)18(4,16)17/h9-10H,5-8,13H2,1-4H3. The van der Waals surface area contributed by atoms with Gasteiger partial charge < -0.3 is 10.6 Å². The summed E-state index contributed by atoms with van der Waals surface area (Å²) in [4.78, 5) is 14.1. The Balaban J connectivity index is 3.02. The van der Waals surface area contributed by atoms with E-state index in [4.69, 9.17) is 5.73 Å². The average Bonchev–Trinajstić information content (AvgIpc) is 2.26. The molecule has 0 bridgehead atoms. The first-order chi connectivity index (χ1) is 8.13. The topological polar surface area (TPSA) is 80.5 Å². The quantitative estimate of drug-likeness (QED) is 0.809. The zero-order valence-corrected chi connectivity index (χ0v) is 12.5. The Kier molecular flexibility index (Phi) is 4.43. The zero-order chi connectivity index (χ0) is 14.1. The van der Waals surface area contributed by atoms with E-state index in [1.807, 2.05) is 0 Å². The Bertz CT molecular complexity index is 417. The highest BCUT2D eigenvalue weighted by molar-refractivity contribution is 7.92. The molecule has 0 saturated carbocycles. The largest absolute Gasteiger partial charge is 0.337 e. The second-order valence-electron chi connectivity index (χ2n) is 5.70. The van der Waals surface area contributed by atoms with E-state index in [1.165, 1.54) is 13.8 Å². The van der Waals surface area contributed by atoms with Gasteiger partial charge in [-0.2, -0.15) is 0 Å². The summed E-state index contributed by atoms with van der Waals surface area (Å²) >= 11 is 0. The van der Waals surface area contributed by atoms with Gasteiger partial charge >= 0.3 is 0 Å². The zero-order valence-electron chi connectivity index (χ0n) is 11.6. The van der Waals surface area contributed by atoms with Crippen molar-refractivity contribution in [3.8, 4) is 0 Å². The van der Waals surface area contributed by atoms with Crippen LogP contribution in [0.1, 0.15) is 33.6 Å². The molecule has 2 atom stereocenters. The summed E-state index contributed by atoms with van der Waals surface area (Å²) in [5.74, 6) is -0.00457. The minimum absolute atomic E-state index is 0.0488. The molecular formula is C12H24N2O3S. The summed E-state index contributed by atoms with van der Waals surface area (Å²) in [7, 11) is -3.43. The van der Waals surface area contributed by atoms with E-state index in [0.717, 1.165) is 19.1 Å². The maximum atomic E-state index is 12.5. The summed E-state index contributed by atoms with van der Waals surface area (Å²) in [6.45, 7) is 5.98. The molecule has 1 aliphatic rings. The van der Waals surface area contributed by atoms with E-state index >= 15 is 0 Å². The van der Waals surface area contributed by atoms with Gasteiger partial charge in [0.2, 0.25) is 5.91 Å². The van der Waals surface area contributed by atoms with Crippen LogP contribution >= 0.6 is 0 Å². The van der Waals surface area contributed by atoms with Crippen LogP contribution in [-0.2, 0) is 14.6 Å². The van der Waals surface area contributed by atoms with Crippen molar-refractivity contribution < 1.29 is 13.2 Å². The van der Waals surface area contributed by atoms with E-state index in [1.54, 1.807) is 4.90 Å². The Labute approximate surface area is 110 Å². The van der Waals surface area contributed by atoms with Crippen molar-refractivity contribution in [2.24, 2.45) is 11.7 Å². The molecule has 1 saturated heterocycles. The van der Waals surface area contributed by atoms with Crippen LogP contribution in [0.2, 0.25) is 0 Å². The number of hydrogen-bond acceptors (Lipinski definition) is 4. The van der Waals surface area contributed by atoms with Gasteiger partial charge in [0.15, 0.2) is 9.84 Å². The smallest absolute Gasteiger partial charge is 0.243 e. The predicted molar refractivity (Wildman–Crippen MR) is 71.9 cm³/mol. The maximum absolute atomic E-state index is 12.5. The highest BCUT2D eigenvalue weighted by Gasteiger charge is 2.44. The van der Waals surface area contributed by atoms with Gasteiger partial charge in [0.25, 0.3) is 0 Å². The molecule has 0 aliphatic carbocycles. The lowest BCUT2D eigenvalue weighted by molar-refractivity contribution is -0.138. The first-order valence-corrected chi connectivity index (χ1v) is 8.22. The van der Waals surface area contributed by atoms with Crippen molar-refractivity contribution in [3.05, 3.63) is 0 Å². The van der Waals surface area contributed by atoms with E-state index in [0.29, 0.717) is 19.0 Å². The van der Waals surface area contributed by atoms with Crippen molar-refractivity contribution in [3.63, 3.8) is 0 Å². The van der Waals surface area contributed by atoms with Gasteiger partial charge in [-0.15, -0.1) is 0 Å². The number of carbonyl (C=O) groups excluding carboxylic acids is 1. The maximum Gasteiger partial charge on any atom is 0.243 e. The van der Waals surface area contributed by atoms with Crippen LogP contribution < -0.4 is 5.73 Å². The number of amides is 1. The highest BCUT2D eigenvalue weighted by Crippen LogP contribution is 2.27. The fourth-order valence-electron chi connectivity index (χ4n) is 2.37.